The van der Waals surface area contributed by atoms with E-state index in [1.807, 2.05) is 14.0 Å². The highest BCUT2D eigenvalue weighted by molar-refractivity contribution is 4.54. The summed E-state index contributed by atoms with van der Waals surface area (Å²) in [5, 5.41) is 3.14. The lowest BCUT2D eigenvalue weighted by molar-refractivity contribution is 0.138. The number of ether oxygens (including phenoxy) is 1. The van der Waals surface area contributed by atoms with Crippen LogP contribution in [0.4, 0.5) is 0 Å². The Labute approximate surface area is 57.6 Å². The van der Waals surface area contributed by atoms with Gasteiger partial charge in [0.15, 0.2) is 0 Å². The van der Waals surface area contributed by atoms with Gasteiger partial charge in [-0.15, -0.1) is 0 Å². The van der Waals surface area contributed by atoms with Crippen LogP contribution in [-0.4, -0.2) is 26.3 Å². The SMILES string of the molecule is CCOCCC(C)NC. The van der Waals surface area contributed by atoms with Gasteiger partial charge in [0, 0.05) is 19.3 Å². The predicted octanol–water partition coefficient (Wildman–Crippen LogP) is 1.02. The molecule has 0 spiro atoms. The summed E-state index contributed by atoms with van der Waals surface area (Å²) in [5.41, 5.74) is 0. The largest absolute Gasteiger partial charge is 0.382 e. The number of hydrogen-bond donors (Lipinski definition) is 1. The number of rotatable bonds is 5. The van der Waals surface area contributed by atoms with E-state index in [9.17, 15) is 0 Å². The Bertz CT molecular complexity index is 56.9. The van der Waals surface area contributed by atoms with E-state index in [2.05, 4.69) is 12.2 Å². The molecule has 0 aromatic carbocycles. The third-order valence-electron chi connectivity index (χ3n) is 1.39. The molecular formula is C7H17NO. The fourth-order valence-corrected chi connectivity index (χ4v) is 0.549. The molecule has 2 heteroatoms. The Morgan fingerprint density at radius 2 is 2.22 bits per heavy atom. The van der Waals surface area contributed by atoms with E-state index in [0.717, 1.165) is 19.6 Å². The molecule has 9 heavy (non-hydrogen) atoms. The number of nitrogens with one attached hydrogen (secondary N) is 1. The van der Waals surface area contributed by atoms with Crippen LogP contribution in [0.25, 0.3) is 0 Å². The summed E-state index contributed by atoms with van der Waals surface area (Å²) in [6, 6.07) is 0.580. The van der Waals surface area contributed by atoms with Gasteiger partial charge in [-0.2, -0.15) is 0 Å². The Morgan fingerprint density at radius 3 is 2.67 bits per heavy atom. The molecule has 0 rings (SSSR count). The van der Waals surface area contributed by atoms with Crippen molar-refractivity contribution in [1.82, 2.24) is 5.32 Å². The molecule has 1 unspecified atom stereocenters. The molecule has 1 atom stereocenters. The first kappa shape index (κ1) is 8.92. The summed E-state index contributed by atoms with van der Waals surface area (Å²) in [4.78, 5) is 0. The van der Waals surface area contributed by atoms with Gasteiger partial charge in [-0.05, 0) is 27.3 Å². The van der Waals surface area contributed by atoms with Crippen molar-refractivity contribution in [2.45, 2.75) is 26.3 Å². The monoisotopic (exact) mass is 131 g/mol. The summed E-state index contributed by atoms with van der Waals surface area (Å²) in [6.45, 7) is 5.87. The molecule has 0 aliphatic heterocycles. The molecular weight excluding hydrogens is 114 g/mol. The lowest BCUT2D eigenvalue weighted by Crippen LogP contribution is -2.22. The summed E-state index contributed by atoms with van der Waals surface area (Å²) in [5.74, 6) is 0. The van der Waals surface area contributed by atoms with Gasteiger partial charge < -0.3 is 10.1 Å². The van der Waals surface area contributed by atoms with Crippen LogP contribution in [0.5, 0.6) is 0 Å². The van der Waals surface area contributed by atoms with Gasteiger partial charge in [0.25, 0.3) is 0 Å². The first-order valence-corrected chi connectivity index (χ1v) is 3.56. The maximum Gasteiger partial charge on any atom is 0.0480 e. The molecule has 0 saturated heterocycles. The molecule has 0 heterocycles. The molecule has 0 fully saturated rings. The summed E-state index contributed by atoms with van der Waals surface area (Å²) < 4.78 is 5.17. The quantitative estimate of drug-likeness (QED) is 0.562. The fourth-order valence-electron chi connectivity index (χ4n) is 0.549. The molecule has 0 aliphatic rings. The third-order valence-corrected chi connectivity index (χ3v) is 1.39. The van der Waals surface area contributed by atoms with Gasteiger partial charge in [-0.1, -0.05) is 0 Å². The Balaban J connectivity index is 2.88. The van der Waals surface area contributed by atoms with E-state index in [4.69, 9.17) is 4.74 Å². The minimum absolute atomic E-state index is 0.580. The molecule has 0 aliphatic carbocycles. The second kappa shape index (κ2) is 6.05. The van der Waals surface area contributed by atoms with Crippen molar-refractivity contribution < 1.29 is 4.74 Å². The van der Waals surface area contributed by atoms with Crippen molar-refractivity contribution in [3.05, 3.63) is 0 Å². The Morgan fingerprint density at radius 1 is 1.56 bits per heavy atom. The Kier molecular flexibility index (Phi) is 5.99. The number of hydrogen-bond acceptors (Lipinski definition) is 2. The van der Waals surface area contributed by atoms with Crippen LogP contribution in [0.2, 0.25) is 0 Å². The van der Waals surface area contributed by atoms with Gasteiger partial charge in [0.1, 0.15) is 0 Å². The minimum atomic E-state index is 0.580. The van der Waals surface area contributed by atoms with Gasteiger partial charge in [-0.25, -0.2) is 0 Å². The van der Waals surface area contributed by atoms with Gasteiger partial charge >= 0.3 is 0 Å². The predicted molar refractivity (Wildman–Crippen MR) is 39.6 cm³/mol. The van der Waals surface area contributed by atoms with Crippen LogP contribution in [-0.2, 0) is 4.74 Å². The van der Waals surface area contributed by atoms with Crippen LogP contribution in [0, 0.1) is 0 Å². The van der Waals surface area contributed by atoms with Gasteiger partial charge in [0.05, 0.1) is 0 Å². The first-order chi connectivity index (χ1) is 4.31. The van der Waals surface area contributed by atoms with E-state index in [0.29, 0.717) is 6.04 Å². The Hall–Kier alpha value is -0.0800. The zero-order valence-corrected chi connectivity index (χ0v) is 6.61. The van der Waals surface area contributed by atoms with Crippen LogP contribution >= 0.6 is 0 Å². The van der Waals surface area contributed by atoms with E-state index in [1.54, 1.807) is 0 Å². The molecule has 0 radical (unpaired) electrons. The van der Waals surface area contributed by atoms with Crippen molar-refractivity contribution in [2.75, 3.05) is 20.3 Å². The molecule has 0 bridgehead atoms. The summed E-state index contributed by atoms with van der Waals surface area (Å²) in [6.07, 6.45) is 1.10. The maximum atomic E-state index is 5.17. The van der Waals surface area contributed by atoms with Crippen LogP contribution < -0.4 is 5.32 Å². The van der Waals surface area contributed by atoms with E-state index < -0.39 is 0 Å². The van der Waals surface area contributed by atoms with Crippen LogP contribution in [0.3, 0.4) is 0 Å². The highest BCUT2D eigenvalue weighted by Crippen LogP contribution is 1.88. The van der Waals surface area contributed by atoms with Crippen molar-refractivity contribution in [3.8, 4) is 0 Å². The third kappa shape index (κ3) is 5.80. The van der Waals surface area contributed by atoms with E-state index >= 15 is 0 Å². The summed E-state index contributed by atoms with van der Waals surface area (Å²) >= 11 is 0. The molecule has 0 saturated carbocycles. The average molecular weight is 131 g/mol. The van der Waals surface area contributed by atoms with Crippen molar-refractivity contribution in [3.63, 3.8) is 0 Å². The first-order valence-electron chi connectivity index (χ1n) is 3.56. The lowest BCUT2D eigenvalue weighted by Gasteiger charge is -2.08. The van der Waals surface area contributed by atoms with Crippen molar-refractivity contribution >= 4 is 0 Å². The zero-order chi connectivity index (χ0) is 7.11. The second-order valence-electron chi connectivity index (χ2n) is 2.18. The average Bonchev–Trinajstić information content (AvgIpc) is 1.89. The second-order valence-corrected chi connectivity index (χ2v) is 2.18. The van der Waals surface area contributed by atoms with Crippen molar-refractivity contribution in [1.29, 1.82) is 0 Å². The molecule has 56 valence electrons. The van der Waals surface area contributed by atoms with Crippen LogP contribution in [0.15, 0.2) is 0 Å². The fraction of sp³-hybridized carbons (Fsp3) is 1.00. The van der Waals surface area contributed by atoms with Crippen LogP contribution in [0.1, 0.15) is 20.3 Å². The van der Waals surface area contributed by atoms with E-state index in [-0.39, 0.29) is 0 Å². The highest BCUT2D eigenvalue weighted by atomic mass is 16.5. The van der Waals surface area contributed by atoms with Gasteiger partial charge in [0.2, 0.25) is 0 Å². The molecule has 0 aromatic rings. The topological polar surface area (TPSA) is 21.3 Å². The zero-order valence-electron chi connectivity index (χ0n) is 6.61. The van der Waals surface area contributed by atoms with Crippen molar-refractivity contribution in [2.24, 2.45) is 0 Å². The molecule has 1 N–H and O–H groups in total. The molecule has 2 nitrogen and oxygen atoms in total. The normalized spacial score (nSPS) is 13.7. The lowest BCUT2D eigenvalue weighted by atomic mass is 10.2. The summed E-state index contributed by atoms with van der Waals surface area (Å²) in [7, 11) is 1.97. The standard InChI is InChI=1S/C7H17NO/c1-4-9-6-5-7(2)8-3/h7-8H,4-6H2,1-3H3. The van der Waals surface area contributed by atoms with E-state index in [1.165, 1.54) is 0 Å². The minimum Gasteiger partial charge on any atom is -0.382 e. The molecule has 0 amide bonds. The molecule has 0 aromatic heterocycles. The van der Waals surface area contributed by atoms with Gasteiger partial charge in [-0.3, -0.25) is 0 Å². The highest BCUT2D eigenvalue weighted by Gasteiger charge is 1.94. The smallest absolute Gasteiger partial charge is 0.0480 e. The maximum absolute atomic E-state index is 5.17.